The zero-order valence-electron chi connectivity index (χ0n) is 8.10. The molecule has 0 spiro atoms. The fraction of sp³-hybridized carbons (Fsp3) is 0.0769. The number of benzene rings is 1. The molecule has 0 saturated heterocycles. The highest BCUT2D eigenvalue weighted by Gasteiger charge is 2.08. The molecule has 0 aliphatic rings. The van der Waals surface area contributed by atoms with Gasteiger partial charge in [-0.15, -0.1) is 6.42 Å². The molecule has 1 aromatic heterocycles. The Labute approximate surface area is 88.0 Å². The Morgan fingerprint density at radius 3 is 3.00 bits per heavy atom. The van der Waals surface area contributed by atoms with E-state index in [0.29, 0.717) is 5.56 Å². The molecule has 0 amide bonds. The number of fused-ring (bicyclic) bond motifs is 1. The molecule has 2 nitrogen and oxygen atoms in total. The van der Waals surface area contributed by atoms with E-state index < -0.39 is 0 Å². The number of terminal acetylenes is 1. The molecule has 0 aliphatic heterocycles. The summed E-state index contributed by atoms with van der Waals surface area (Å²) in [6.07, 6.45) is 6.96. The number of aromatic nitrogens is 1. The molecule has 0 N–H and O–H groups in total. The Balaban J connectivity index is 2.62. The van der Waals surface area contributed by atoms with Crippen LogP contribution >= 0.6 is 0 Å². The topological polar surface area (TPSA) is 30.0 Å². The molecule has 0 saturated carbocycles. The van der Waals surface area contributed by atoms with Crippen LogP contribution in [0.5, 0.6) is 0 Å². The van der Waals surface area contributed by atoms with E-state index in [0.717, 1.165) is 10.9 Å². The number of hydrogen-bond donors (Lipinski definition) is 0. The van der Waals surface area contributed by atoms with Crippen LogP contribution < -0.4 is 0 Å². The minimum Gasteiger partial charge on any atom is -0.293 e. The maximum Gasteiger partial charge on any atom is 0.175 e. The van der Waals surface area contributed by atoms with Crippen LogP contribution in [0.15, 0.2) is 36.5 Å². The molecule has 72 valence electrons. The Bertz CT molecular complexity index is 546. The van der Waals surface area contributed by atoms with Crippen molar-refractivity contribution < 1.29 is 4.79 Å². The third kappa shape index (κ3) is 1.72. The molecular formula is C13H9NO. The van der Waals surface area contributed by atoms with E-state index in [-0.39, 0.29) is 12.2 Å². The SMILES string of the molecule is C#CCC(=O)c1cccc2ncccc12. The van der Waals surface area contributed by atoms with Crippen LogP contribution in [-0.2, 0) is 0 Å². The van der Waals surface area contributed by atoms with Gasteiger partial charge in [0.15, 0.2) is 5.78 Å². The Hall–Kier alpha value is -2.14. The summed E-state index contributed by atoms with van der Waals surface area (Å²) in [5.74, 6) is 2.33. The lowest BCUT2D eigenvalue weighted by atomic mass is 10.0. The van der Waals surface area contributed by atoms with Crippen LogP contribution in [0.1, 0.15) is 16.8 Å². The zero-order valence-corrected chi connectivity index (χ0v) is 8.10. The highest BCUT2D eigenvalue weighted by molar-refractivity contribution is 6.08. The third-order valence-corrected chi connectivity index (χ3v) is 2.21. The Morgan fingerprint density at radius 2 is 2.20 bits per heavy atom. The second-order valence-corrected chi connectivity index (χ2v) is 3.18. The normalized spacial score (nSPS) is 9.80. The third-order valence-electron chi connectivity index (χ3n) is 2.21. The minimum atomic E-state index is -0.0314. The zero-order chi connectivity index (χ0) is 10.7. The first-order chi connectivity index (χ1) is 7.33. The van der Waals surface area contributed by atoms with E-state index in [9.17, 15) is 4.79 Å². The molecule has 0 aliphatic carbocycles. The lowest BCUT2D eigenvalue weighted by Gasteiger charge is -2.02. The summed E-state index contributed by atoms with van der Waals surface area (Å²) in [4.78, 5) is 15.9. The number of pyridine rings is 1. The fourth-order valence-electron chi connectivity index (χ4n) is 1.53. The number of carbonyl (C=O) groups excluding carboxylic acids is 1. The molecule has 1 heterocycles. The fourth-order valence-corrected chi connectivity index (χ4v) is 1.53. The molecule has 1 aromatic carbocycles. The van der Waals surface area contributed by atoms with Gasteiger partial charge in [0.25, 0.3) is 0 Å². The van der Waals surface area contributed by atoms with Gasteiger partial charge in [0.2, 0.25) is 0 Å². The van der Waals surface area contributed by atoms with E-state index in [1.165, 1.54) is 0 Å². The Kier molecular flexibility index (Phi) is 2.47. The predicted molar refractivity (Wildman–Crippen MR) is 59.5 cm³/mol. The van der Waals surface area contributed by atoms with Crippen LogP contribution in [0.2, 0.25) is 0 Å². The molecule has 0 fully saturated rings. The molecule has 0 bridgehead atoms. The second kappa shape index (κ2) is 3.93. The maximum atomic E-state index is 11.7. The van der Waals surface area contributed by atoms with E-state index in [1.807, 2.05) is 24.3 Å². The monoisotopic (exact) mass is 195 g/mol. The van der Waals surface area contributed by atoms with Crippen molar-refractivity contribution in [2.45, 2.75) is 6.42 Å². The molecule has 15 heavy (non-hydrogen) atoms. The van der Waals surface area contributed by atoms with Crippen molar-refractivity contribution >= 4 is 16.7 Å². The number of hydrogen-bond acceptors (Lipinski definition) is 2. The highest BCUT2D eigenvalue weighted by Crippen LogP contribution is 2.17. The summed E-state index contributed by atoms with van der Waals surface area (Å²) in [6, 6.07) is 9.17. The van der Waals surface area contributed by atoms with Gasteiger partial charge in [-0.1, -0.05) is 24.1 Å². The summed E-state index contributed by atoms with van der Waals surface area (Å²) >= 11 is 0. The lowest BCUT2D eigenvalue weighted by molar-refractivity contribution is 0.1000. The number of rotatable bonds is 2. The maximum absolute atomic E-state index is 11.7. The van der Waals surface area contributed by atoms with Crippen LogP contribution in [0.4, 0.5) is 0 Å². The molecule has 0 unspecified atom stereocenters. The lowest BCUT2D eigenvalue weighted by Crippen LogP contribution is -1.98. The molecule has 2 rings (SSSR count). The van der Waals surface area contributed by atoms with Gasteiger partial charge in [-0.05, 0) is 12.1 Å². The van der Waals surface area contributed by atoms with Crippen molar-refractivity contribution in [3.63, 3.8) is 0 Å². The van der Waals surface area contributed by atoms with Gasteiger partial charge >= 0.3 is 0 Å². The van der Waals surface area contributed by atoms with Crippen molar-refractivity contribution in [3.05, 3.63) is 42.1 Å². The van der Waals surface area contributed by atoms with E-state index in [2.05, 4.69) is 10.9 Å². The van der Waals surface area contributed by atoms with Gasteiger partial charge in [-0.3, -0.25) is 9.78 Å². The van der Waals surface area contributed by atoms with Gasteiger partial charge in [0.05, 0.1) is 11.9 Å². The molecular weight excluding hydrogens is 186 g/mol. The van der Waals surface area contributed by atoms with Gasteiger partial charge in [0, 0.05) is 17.1 Å². The summed E-state index contributed by atoms with van der Waals surface area (Å²) < 4.78 is 0. The van der Waals surface area contributed by atoms with Crippen molar-refractivity contribution in [2.75, 3.05) is 0 Å². The van der Waals surface area contributed by atoms with Gasteiger partial charge in [0.1, 0.15) is 0 Å². The summed E-state index contributed by atoms with van der Waals surface area (Å²) in [5, 5.41) is 0.861. The predicted octanol–water partition coefficient (Wildman–Crippen LogP) is 2.44. The minimum absolute atomic E-state index is 0.0314. The first kappa shape index (κ1) is 9.42. The molecule has 0 radical (unpaired) electrons. The Morgan fingerprint density at radius 1 is 1.33 bits per heavy atom. The standard InChI is InChI=1S/C13H9NO/c1-2-5-13(15)11-6-3-8-12-10(11)7-4-9-14-12/h1,3-4,6-9H,5H2. The first-order valence-corrected chi connectivity index (χ1v) is 4.63. The van der Waals surface area contributed by atoms with Gasteiger partial charge in [-0.25, -0.2) is 0 Å². The smallest absolute Gasteiger partial charge is 0.175 e. The largest absolute Gasteiger partial charge is 0.293 e. The van der Waals surface area contributed by atoms with Crippen LogP contribution in [0.25, 0.3) is 10.9 Å². The first-order valence-electron chi connectivity index (χ1n) is 4.63. The number of carbonyl (C=O) groups is 1. The summed E-state index contributed by atoms with van der Waals surface area (Å²) in [5.41, 5.74) is 1.47. The average Bonchev–Trinajstić information content (AvgIpc) is 2.28. The van der Waals surface area contributed by atoms with Crippen molar-refractivity contribution in [1.82, 2.24) is 4.98 Å². The highest BCUT2D eigenvalue weighted by atomic mass is 16.1. The second-order valence-electron chi connectivity index (χ2n) is 3.18. The quantitative estimate of drug-likeness (QED) is 0.544. The van der Waals surface area contributed by atoms with Crippen LogP contribution in [-0.4, -0.2) is 10.8 Å². The molecule has 2 heteroatoms. The van der Waals surface area contributed by atoms with Crippen molar-refractivity contribution in [3.8, 4) is 12.3 Å². The number of ketones is 1. The van der Waals surface area contributed by atoms with E-state index in [1.54, 1.807) is 12.3 Å². The number of nitrogens with zero attached hydrogens (tertiary/aromatic N) is 1. The summed E-state index contributed by atoms with van der Waals surface area (Å²) in [6.45, 7) is 0. The number of Topliss-reactive ketones (excluding diaryl/α,β-unsaturated/α-hetero) is 1. The van der Waals surface area contributed by atoms with Crippen LogP contribution in [0.3, 0.4) is 0 Å². The van der Waals surface area contributed by atoms with Crippen molar-refractivity contribution in [2.24, 2.45) is 0 Å². The van der Waals surface area contributed by atoms with E-state index in [4.69, 9.17) is 6.42 Å². The average molecular weight is 195 g/mol. The molecule has 2 aromatic rings. The van der Waals surface area contributed by atoms with Crippen molar-refractivity contribution in [1.29, 1.82) is 0 Å². The van der Waals surface area contributed by atoms with Gasteiger partial charge in [-0.2, -0.15) is 0 Å². The summed E-state index contributed by atoms with van der Waals surface area (Å²) in [7, 11) is 0. The van der Waals surface area contributed by atoms with E-state index >= 15 is 0 Å². The van der Waals surface area contributed by atoms with Crippen LogP contribution in [0, 0.1) is 12.3 Å². The molecule has 0 atom stereocenters. The van der Waals surface area contributed by atoms with Gasteiger partial charge < -0.3 is 0 Å².